The van der Waals surface area contributed by atoms with Gasteiger partial charge in [-0.3, -0.25) is 0 Å². The monoisotopic (exact) mass is 341 g/mol. The van der Waals surface area contributed by atoms with Crippen molar-refractivity contribution in [3.63, 3.8) is 0 Å². The molecule has 1 aromatic rings. The van der Waals surface area contributed by atoms with Gasteiger partial charge in [-0.05, 0) is 25.0 Å². The van der Waals surface area contributed by atoms with Crippen molar-refractivity contribution >= 4 is 16.0 Å². The Morgan fingerprint density at radius 2 is 2.00 bits per heavy atom. The number of benzene rings is 1. The van der Waals surface area contributed by atoms with Crippen molar-refractivity contribution in [2.45, 2.75) is 23.3 Å². The lowest BCUT2D eigenvalue weighted by atomic mass is 9.92. The lowest BCUT2D eigenvalue weighted by Crippen LogP contribution is -2.50. The fourth-order valence-corrected chi connectivity index (χ4v) is 4.93. The molecule has 1 fully saturated rings. The molecular formula is C15H16FNO5S. The average Bonchev–Trinajstić information content (AvgIpc) is 2.91. The molecule has 0 aromatic heterocycles. The van der Waals surface area contributed by atoms with Crippen molar-refractivity contribution in [2.75, 3.05) is 19.8 Å². The van der Waals surface area contributed by atoms with Gasteiger partial charge in [-0.15, -0.1) is 0 Å². The molecule has 0 aliphatic carbocycles. The number of hydrogen-bond donors (Lipinski definition) is 1. The molecule has 0 radical (unpaired) electrons. The first kappa shape index (κ1) is 16.1. The maximum Gasteiger partial charge on any atom is 0.338 e. The summed E-state index contributed by atoms with van der Waals surface area (Å²) in [5.74, 6) is -2.73. The topological polar surface area (TPSA) is 83.9 Å². The van der Waals surface area contributed by atoms with E-state index in [0.717, 1.165) is 12.1 Å². The van der Waals surface area contributed by atoms with Gasteiger partial charge in [-0.1, -0.05) is 18.2 Å². The van der Waals surface area contributed by atoms with E-state index >= 15 is 0 Å². The molecule has 23 heavy (non-hydrogen) atoms. The van der Waals surface area contributed by atoms with Crippen LogP contribution in [-0.2, 0) is 14.8 Å². The molecule has 6 nitrogen and oxygen atoms in total. The highest BCUT2D eigenvalue weighted by atomic mass is 32.2. The molecule has 2 heterocycles. The zero-order chi connectivity index (χ0) is 16.7. The predicted octanol–water partition coefficient (Wildman–Crippen LogP) is 1.63. The SMILES string of the molecule is O=C(O)c1cccc(S(=O)(=O)N2CC=CC23CCOCC3)c1F. The second-order valence-electron chi connectivity index (χ2n) is 5.58. The zero-order valence-electron chi connectivity index (χ0n) is 12.2. The molecule has 1 saturated heterocycles. The van der Waals surface area contributed by atoms with Crippen LogP contribution < -0.4 is 0 Å². The Bertz CT molecular complexity index is 768. The predicted molar refractivity (Wildman–Crippen MR) is 79.2 cm³/mol. The molecule has 2 aliphatic heterocycles. The summed E-state index contributed by atoms with van der Waals surface area (Å²) in [5, 5.41) is 8.99. The van der Waals surface area contributed by atoms with Gasteiger partial charge < -0.3 is 9.84 Å². The Morgan fingerprint density at radius 1 is 1.30 bits per heavy atom. The number of carbonyl (C=O) groups is 1. The number of nitrogens with zero attached hydrogens (tertiary/aromatic N) is 1. The lowest BCUT2D eigenvalue weighted by molar-refractivity contribution is 0.0355. The molecule has 2 aliphatic rings. The highest BCUT2D eigenvalue weighted by Crippen LogP contribution is 2.38. The van der Waals surface area contributed by atoms with Crippen LogP contribution >= 0.6 is 0 Å². The molecule has 1 N–H and O–H groups in total. The van der Waals surface area contributed by atoms with Crippen LogP contribution in [0.5, 0.6) is 0 Å². The third-order valence-electron chi connectivity index (χ3n) is 4.32. The molecule has 124 valence electrons. The fourth-order valence-electron chi connectivity index (χ4n) is 3.11. The van der Waals surface area contributed by atoms with Crippen LogP contribution in [0.2, 0.25) is 0 Å². The average molecular weight is 341 g/mol. The highest BCUT2D eigenvalue weighted by Gasteiger charge is 2.46. The van der Waals surface area contributed by atoms with E-state index in [9.17, 15) is 17.6 Å². The van der Waals surface area contributed by atoms with E-state index in [2.05, 4.69) is 0 Å². The van der Waals surface area contributed by atoms with Gasteiger partial charge in [-0.25, -0.2) is 17.6 Å². The standard InChI is InChI=1S/C15H16FNO5S/c16-13-11(14(18)19)3-1-4-12(13)23(20,21)17-8-2-5-15(17)6-9-22-10-7-15/h1-5H,6-10H2,(H,18,19). The normalized spacial score (nSPS) is 20.9. The zero-order valence-corrected chi connectivity index (χ0v) is 13.1. The first-order chi connectivity index (χ1) is 10.9. The van der Waals surface area contributed by atoms with Crippen molar-refractivity contribution in [1.29, 1.82) is 0 Å². The maximum atomic E-state index is 14.4. The summed E-state index contributed by atoms with van der Waals surface area (Å²) in [6.45, 7) is 0.987. The van der Waals surface area contributed by atoms with Crippen LogP contribution in [0.4, 0.5) is 4.39 Å². The van der Waals surface area contributed by atoms with Gasteiger partial charge in [0.05, 0.1) is 11.1 Å². The van der Waals surface area contributed by atoms with Gasteiger partial charge in [0.15, 0.2) is 5.82 Å². The van der Waals surface area contributed by atoms with E-state index in [1.54, 1.807) is 6.08 Å². The number of ether oxygens (including phenoxy) is 1. The first-order valence-corrected chi connectivity index (χ1v) is 8.63. The Morgan fingerprint density at radius 3 is 2.65 bits per heavy atom. The van der Waals surface area contributed by atoms with Gasteiger partial charge in [0.25, 0.3) is 0 Å². The summed E-state index contributed by atoms with van der Waals surface area (Å²) in [5.41, 5.74) is -1.37. The van der Waals surface area contributed by atoms with Crippen LogP contribution in [0.1, 0.15) is 23.2 Å². The van der Waals surface area contributed by atoms with Crippen molar-refractivity contribution in [2.24, 2.45) is 0 Å². The second kappa shape index (κ2) is 5.70. The van der Waals surface area contributed by atoms with Crippen molar-refractivity contribution in [1.82, 2.24) is 4.31 Å². The van der Waals surface area contributed by atoms with Gasteiger partial charge in [0.1, 0.15) is 4.90 Å². The van der Waals surface area contributed by atoms with E-state index < -0.39 is 37.8 Å². The molecule has 1 spiro atoms. The number of halogens is 1. The van der Waals surface area contributed by atoms with Crippen molar-refractivity contribution in [3.8, 4) is 0 Å². The second-order valence-corrected chi connectivity index (χ2v) is 7.41. The summed E-state index contributed by atoms with van der Waals surface area (Å²) in [6.07, 6.45) is 4.54. The minimum Gasteiger partial charge on any atom is -0.478 e. The van der Waals surface area contributed by atoms with E-state index in [0.29, 0.717) is 26.1 Å². The van der Waals surface area contributed by atoms with Crippen LogP contribution in [0.25, 0.3) is 0 Å². The summed E-state index contributed by atoms with van der Waals surface area (Å²) < 4.78 is 46.8. The Labute approximate surface area is 133 Å². The largest absolute Gasteiger partial charge is 0.478 e. The maximum absolute atomic E-state index is 14.4. The van der Waals surface area contributed by atoms with E-state index in [1.807, 2.05) is 6.08 Å². The van der Waals surface area contributed by atoms with E-state index in [4.69, 9.17) is 9.84 Å². The van der Waals surface area contributed by atoms with Gasteiger partial charge in [0.2, 0.25) is 10.0 Å². The molecule has 0 unspecified atom stereocenters. The molecule has 0 bridgehead atoms. The van der Waals surface area contributed by atoms with Gasteiger partial charge in [-0.2, -0.15) is 4.31 Å². The summed E-state index contributed by atoms with van der Waals surface area (Å²) >= 11 is 0. The Balaban J connectivity index is 2.06. The van der Waals surface area contributed by atoms with Crippen molar-refractivity contribution < 1.29 is 27.4 Å². The Kier molecular flexibility index (Phi) is 3.99. The lowest BCUT2D eigenvalue weighted by Gasteiger charge is -2.39. The summed E-state index contributed by atoms with van der Waals surface area (Å²) in [6, 6.07) is 3.38. The van der Waals surface area contributed by atoms with Crippen LogP contribution in [-0.4, -0.2) is 49.1 Å². The molecule has 8 heteroatoms. The summed E-state index contributed by atoms with van der Waals surface area (Å²) in [7, 11) is -4.16. The van der Waals surface area contributed by atoms with Crippen LogP contribution in [0, 0.1) is 5.82 Å². The highest BCUT2D eigenvalue weighted by molar-refractivity contribution is 7.89. The quantitative estimate of drug-likeness (QED) is 0.845. The minimum atomic E-state index is -4.16. The number of hydrogen-bond acceptors (Lipinski definition) is 4. The molecule has 1 aromatic carbocycles. The van der Waals surface area contributed by atoms with Crippen LogP contribution in [0.3, 0.4) is 0 Å². The van der Waals surface area contributed by atoms with E-state index in [-0.39, 0.29) is 6.54 Å². The summed E-state index contributed by atoms with van der Waals surface area (Å²) in [4.78, 5) is 10.4. The Hall–Kier alpha value is -1.77. The number of carboxylic acid groups (broad SMARTS) is 1. The molecule has 0 amide bonds. The third-order valence-corrected chi connectivity index (χ3v) is 6.28. The smallest absolute Gasteiger partial charge is 0.338 e. The number of aromatic carboxylic acids is 1. The third kappa shape index (κ3) is 2.56. The number of carboxylic acids is 1. The molecule has 0 atom stereocenters. The first-order valence-electron chi connectivity index (χ1n) is 7.19. The van der Waals surface area contributed by atoms with E-state index in [1.165, 1.54) is 10.4 Å². The van der Waals surface area contributed by atoms with Gasteiger partial charge >= 0.3 is 5.97 Å². The number of rotatable bonds is 3. The molecule has 0 saturated carbocycles. The number of sulfonamides is 1. The minimum absolute atomic E-state index is 0.138. The fraction of sp³-hybridized carbons (Fsp3) is 0.400. The van der Waals surface area contributed by atoms with Gasteiger partial charge in [0, 0.05) is 19.8 Å². The molecular weight excluding hydrogens is 325 g/mol. The molecule has 3 rings (SSSR count). The van der Waals surface area contributed by atoms with Crippen LogP contribution in [0.15, 0.2) is 35.2 Å². The van der Waals surface area contributed by atoms with Crippen molar-refractivity contribution in [3.05, 3.63) is 41.7 Å².